The molecule has 4 rings (SSSR count). The molecule has 5 nitrogen and oxygen atoms in total. The van der Waals surface area contributed by atoms with E-state index in [0.29, 0.717) is 11.4 Å². The van der Waals surface area contributed by atoms with Gasteiger partial charge < -0.3 is 10.2 Å². The van der Waals surface area contributed by atoms with E-state index in [2.05, 4.69) is 27.5 Å². The smallest absolute Gasteiger partial charge is 0.273 e. The topological polar surface area (TPSA) is 53.9 Å². The lowest BCUT2D eigenvalue weighted by Gasteiger charge is -2.16. The van der Waals surface area contributed by atoms with Gasteiger partial charge in [-0.1, -0.05) is 47.1 Å². The molecule has 140 valence electrons. The second kappa shape index (κ2) is 7.66. The lowest BCUT2D eigenvalue weighted by Crippen LogP contribution is -2.32. The number of carbonyl (C=O) groups excluding carboxylic acids is 1. The average molecular weight is 388 g/mol. The van der Waals surface area contributed by atoms with Crippen LogP contribution in [-0.2, 0) is 16.1 Å². The van der Waals surface area contributed by atoms with Crippen LogP contribution in [0.15, 0.2) is 53.7 Å². The molecule has 1 fully saturated rings. The molecular formula is C20H19ClFN3O2. The number of benzene rings is 2. The number of amides is 1. The van der Waals surface area contributed by atoms with E-state index < -0.39 is 5.82 Å². The van der Waals surface area contributed by atoms with Crippen molar-refractivity contribution in [2.45, 2.75) is 12.5 Å². The third-order valence-electron chi connectivity index (χ3n) is 4.95. The van der Waals surface area contributed by atoms with Gasteiger partial charge in [0.05, 0.1) is 10.9 Å². The third kappa shape index (κ3) is 3.96. The largest absolute Gasteiger partial charge is 0.390 e. The van der Waals surface area contributed by atoms with Gasteiger partial charge in [0, 0.05) is 25.3 Å². The van der Waals surface area contributed by atoms with Crippen molar-refractivity contribution >= 4 is 28.9 Å². The fraction of sp³-hybridized carbons (Fsp3) is 0.300. The van der Waals surface area contributed by atoms with Gasteiger partial charge in [-0.05, 0) is 30.2 Å². The van der Waals surface area contributed by atoms with Crippen LogP contribution < -0.4 is 5.32 Å². The molecule has 0 radical (unpaired) electrons. The fourth-order valence-corrected chi connectivity index (χ4v) is 3.69. The van der Waals surface area contributed by atoms with Crippen LogP contribution in [0.3, 0.4) is 0 Å². The first-order valence-corrected chi connectivity index (χ1v) is 9.24. The molecule has 27 heavy (non-hydrogen) atoms. The number of hydrogen-bond acceptors (Lipinski definition) is 4. The molecule has 2 aliphatic heterocycles. The minimum absolute atomic E-state index is 0.0387. The maximum atomic E-state index is 13.3. The molecule has 0 aromatic heterocycles. The number of halogens is 2. The molecule has 0 bridgehead atoms. The van der Waals surface area contributed by atoms with E-state index in [1.807, 2.05) is 18.2 Å². The standard InChI is InChI=1S/C20H19ClFN3O2/c21-16-10-14(6-7-17(16)22)23-20(26)19-15-11-25(12-18(15)27-24-19)9-8-13-4-2-1-3-5-13/h1-7,10,15,18H,8-9,11-12H2,(H,23,26)/t15-,18+/m0/s1. The number of anilines is 1. The van der Waals surface area contributed by atoms with Crippen molar-refractivity contribution in [2.75, 3.05) is 25.0 Å². The van der Waals surface area contributed by atoms with Crippen LogP contribution in [0.25, 0.3) is 0 Å². The molecule has 1 amide bonds. The minimum atomic E-state index is -0.527. The first kappa shape index (κ1) is 17.9. The van der Waals surface area contributed by atoms with Gasteiger partial charge >= 0.3 is 0 Å². The summed E-state index contributed by atoms with van der Waals surface area (Å²) in [6.45, 7) is 2.39. The SMILES string of the molecule is O=C(Nc1ccc(F)c(Cl)c1)C1=NO[C@@H]2CN(CCc3ccccc3)C[C@H]12. The Labute approximate surface area is 161 Å². The molecule has 1 saturated heterocycles. The first-order chi connectivity index (χ1) is 13.1. The molecule has 2 atom stereocenters. The van der Waals surface area contributed by atoms with Crippen LogP contribution in [0, 0.1) is 11.7 Å². The number of rotatable bonds is 5. The Morgan fingerprint density at radius 1 is 1.26 bits per heavy atom. The van der Waals surface area contributed by atoms with Gasteiger partial charge in [0.2, 0.25) is 0 Å². The minimum Gasteiger partial charge on any atom is -0.390 e. The summed E-state index contributed by atoms with van der Waals surface area (Å²) in [6, 6.07) is 14.4. The zero-order valence-corrected chi connectivity index (χ0v) is 15.3. The Morgan fingerprint density at radius 2 is 2.07 bits per heavy atom. The number of nitrogens with zero attached hydrogens (tertiary/aromatic N) is 2. The highest BCUT2D eigenvalue weighted by Gasteiger charge is 2.44. The highest BCUT2D eigenvalue weighted by Crippen LogP contribution is 2.28. The number of nitrogens with one attached hydrogen (secondary N) is 1. The number of oxime groups is 1. The van der Waals surface area contributed by atoms with E-state index in [9.17, 15) is 9.18 Å². The van der Waals surface area contributed by atoms with Crippen molar-refractivity contribution in [1.29, 1.82) is 0 Å². The van der Waals surface area contributed by atoms with Crippen molar-refractivity contribution < 1.29 is 14.0 Å². The number of likely N-dealkylation sites (tertiary alicyclic amines) is 1. The number of carbonyl (C=O) groups is 1. The van der Waals surface area contributed by atoms with Crippen molar-refractivity contribution in [1.82, 2.24) is 4.90 Å². The summed E-state index contributed by atoms with van der Waals surface area (Å²) in [5.41, 5.74) is 2.09. The van der Waals surface area contributed by atoms with E-state index in [1.165, 1.54) is 23.8 Å². The summed E-state index contributed by atoms with van der Waals surface area (Å²) in [5, 5.41) is 6.66. The third-order valence-corrected chi connectivity index (χ3v) is 5.24. The Kier molecular flexibility index (Phi) is 5.09. The van der Waals surface area contributed by atoms with Gasteiger partial charge in [0.15, 0.2) is 5.71 Å². The maximum absolute atomic E-state index is 13.3. The van der Waals surface area contributed by atoms with Crippen molar-refractivity contribution in [2.24, 2.45) is 11.1 Å². The van der Waals surface area contributed by atoms with Gasteiger partial charge in [-0.15, -0.1) is 0 Å². The predicted molar refractivity (Wildman–Crippen MR) is 102 cm³/mol. The normalized spacial score (nSPS) is 21.5. The Balaban J connectivity index is 1.35. The van der Waals surface area contributed by atoms with E-state index in [-0.39, 0.29) is 23.0 Å². The second-order valence-electron chi connectivity index (χ2n) is 6.81. The molecule has 0 aliphatic carbocycles. The fourth-order valence-electron chi connectivity index (χ4n) is 3.51. The molecule has 7 heteroatoms. The molecule has 0 saturated carbocycles. The van der Waals surface area contributed by atoms with Gasteiger partial charge in [0.25, 0.3) is 5.91 Å². The first-order valence-electron chi connectivity index (χ1n) is 8.86. The van der Waals surface area contributed by atoms with Gasteiger partial charge in [-0.25, -0.2) is 4.39 Å². The van der Waals surface area contributed by atoms with E-state index >= 15 is 0 Å². The highest BCUT2D eigenvalue weighted by atomic mass is 35.5. The summed E-state index contributed by atoms with van der Waals surface area (Å²) in [5.74, 6) is -0.923. The van der Waals surface area contributed by atoms with Crippen molar-refractivity contribution in [3.05, 3.63) is 64.9 Å². The molecule has 2 aliphatic rings. The summed E-state index contributed by atoms with van der Waals surface area (Å²) in [6.07, 6.45) is 0.853. The van der Waals surface area contributed by atoms with Crippen LogP contribution in [0.4, 0.5) is 10.1 Å². The van der Waals surface area contributed by atoms with E-state index in [1.54, 1.807) is 0 Å². The molecule has 1 N–H and O–H groups in total. The zero-order chi connectivity index (χ0) is 18.8. The lowest BCUT2D eigenvalue weighted by atomic mass is 10.0. The monoisotopic (exact) mass is 387 g/mol. The van der Waals surface area contributed by atoms with Crippen molar-refractivity contribution in [3.63, 3.8) is 0 Å². The highest BCUT2D eigenvalue weighted by molar-refractivity contribution is 6.44. The predicted octanol–water partition coefficient (Wildman–Crippen LogP) is 3.35. The second-order valence-corrected chi connectivity index (χ2v) is 7.21. The van der Waals surface area contributed by atoms with Gasteiger partial charge in [-0.3, -0.25) is 9.69 Å². The summed E-state index contributed by atoms with van der Waals surface area (Å²) in [4.78, 5) is 20.3. The number of fused-ring (bicyclic) bond motifs is 1. The van der Waals surface area contributed by atoms with Crippen LogP contribution in [0.2, 0.25) is 5.02 Å². The lowest BCUT2D eigenvalue weighted by molar-refractivity contribution is -0.110. The molecule has 2 aromatic carbocycles. The molecular weight excluding hydrogens is 369 g/mol. The average Bonchev–Trinajstić information content (AvgIpc) is 3.24. The van der Waals surface area contributed by atoms with Crippen LogP contribution in [0.1, 0.15) is 5.56 Å². The summed E-state index contributed by atoms with van der Waals surface area (Å²) in [7, 11) is 0. The number of hydrogen-bond donors (Lipinski definition) is 1. The molecule has 0 unspecified atom stereocenters. The quantitative estimate of drug-likeness (QED) is 0.856. The zero-order valence-electron chi connectivity index (χ0n) is 14.6. The van der Waals surface area contributed by atoms with Gasteiger partial charge in [0.1, 0.15) is 11.9 Å². The van der Waals surface area contributed by atoms with Crippen LogP contribution in [-0.4, -0.2) is 42.3 Å². The van der Waals surface area contributed by atoms with E-state index in [4.69, 9.17) is 16.4 Å². The molecule has 2 aromatic rings. The Morgan fingerprint density at radius 3 is 2.85 bits per heavy atom. The van der Waals surface area contributed by atoms with E-state index in [0.717, 1.165) is 26.1 Å². The summed E-state index contributed by atoms with van der Waals surface area (Å²) < 4.78 is 13.3. The maximum Gasteiger partial charge on any atom is 0.273 e. The van der Waals surface area contributed by atoms with Gasteiger partial charge in [-0.2, -0.15) is 0 Å². The van der Waals surface area contributed by atoms with Crippen LogP contribution >= 0.6 is 11.6 Å². The molecule has 0 spiro atoms. The Hall–Kier alpha value is -2.44. The Bertz CT molecular complexity index is 875. The van der Waals surface area contributed by atoms with Crippen LogP contribution in [0.5, 0.6) is 0 Å². The molecule has 2 heterocycles. The summed E-state index contributed by atoms with van der Waals surface area (Å²) >= 11 is 5.76. The van der Waals surface area contributed by atoms with Crippen molar-refractivity contribution in [3.8, 4) is 0 Å².